The third-order valence-electron chi connectivity index (χ3n) is 3.12. The molecule has 1 heterocycles. The zero-order valence-corrected chi connectivity index (χ0v) is 10.0. The molecule has 1 fully saturated rings. The SMILES string of the molecule is Cc1cc(N(C)CC2(C#N)COC2)ccc1F. The molecule has 0 unspecified atom stereocenters. The van der Waals surface area contributed by atoms with Gasteiger partial charge in [0.05, 0.1) is 19.3 Å². The predicted molar refractivity (Wildman–Crippen MR) is 63.3 cm³/mol. The van der Waals surface area contributed by atoms with Gasteiger partial charge in [-0.05, 0) is 30.7 Å². The van der Waals surface area contributed by atoms with Gasteiger partial charge in [0.15, 0.2) is 0 Å². The first kappa shape index (κ1) is 11.9. The van der Waals surface area contributed by atoms with Crippen LogP contribution >= 0.6 is 0 Å². The van der Waals surface area contributed by atoms with Crippen molar-refractivity contribution in [3.8, 4) is 6.07 Å². The fourth-order valence-electron chi connectivity index (χ4n) is 1.95. The zero-order valence-electron chi connectivity index (χ0n) is 10.0. The van der Waals surface area contributed by atoms with E-state index in [2.05, 4.69) is 6.07 Å². The highest BCUT2D eigenvalue weighted by Crippen LogP contribution is 2.29. The van der Waals surface area contributed by atoms with Gasteiger partial charge in [0, 0.05) is 19.3 Å². The molecule has 1 saturated heterocycles. The van der Waals surface area contributed by atoms with Gasteiger partial charge >= 0.3 is 0 Å². The van der Waals surface area contributed by atoms with Crippen molar-refractivity contribution in [1.82, 2.24) is 0 Å². The van der Waals surface area contributed by atoms with E-state index in [9.17, 15) is 4.39 Å². The molecule has 0 saturated carbocycles. The van der Waals surface area contributed by atoms with Gasteiger partial charge in [-0.2, -0.15) is 5.26 Å². The zero-order chi connectivity index (χ0) is 12.5. The molecule has 0 bridgehead atoms. The number of rotatable bonds is 3. The largest absolute Gasteiger partial charge is 0.378 e. The maximum absolute atomic E-state index is 13.2. The molecule has 3 nitrogen and oxygen atoms in total. The topological polar surface area (TPSA) is 36.3 Å². The van der Waals surface area contributed by atoms with Crippen LogP contribution in [0.25, 0.3) is 0 Å². The van der Waals surface area contributed by atoms with Gasteiger partial charge in [-0.15, -0.1) is 0 Å². The van der Waals surface area contributed by atoms with Crippen molar-refractivity contribution in [2.45, 2.75) is 6.92 Å². The highest BCUT2D eigenvalue weighted by Gasteiger charge is 2.40. The van der Waals surface area contributed by atoms with Gasteiger partial charge < -0.3 is 9.64 Å². The van der Waals surface area contributed by atoms with Crippen LogP contribution in [0.4, 0.5) is 10.1 Å². The highest BCUT2D eigenvalue weighted by molar-refractivity contribution is 5.48. The summed E-state index contributed by atoms with van der Waals surface area (Å²) >= 11 is 0. The molecule has 0 aromatic heterocycles. The summed E-state index contributed by atoms with van der Waals surface area (Å²) in [5, 5.41) is 9.11. The molecule has 1 aromatic rings. The molecule has 1 aliphatic rings. The van der Waals surface area contributed by atoms with Gasteiger partial charge in [-0.1, -0.05) is 0 Å². The lowest BCUT2D eigenvalue weighted by Crippen LogP contribution is -2.49. The van der Waals surface area contributed by atoms with Crippen LogP contribution in [0.5, 0.6) is 0 Å². The van der Waals surface area contributed by atoms with Crippen molar-refractivity contribution in [3.63, 3.8) is 0 Å². The van der Waals surface area contributed by atoms with E-state index in [1.165, 1.54) is 6.07 Å². The van der Waals surface area contributed by atoms with Crippen molar-refractivity contribution in [1.29, 1.82) is 5.26 Å². The number of anilines is 1. The minimum Gasteiger partial charge on any atom is -0.378 e. The third kappa shape index (κ3) is 2.25. The summed E-state index contributed by atoms with van der Waals surface area (Å²) in [5.41, 5.74) is 1.13. The second-order valence-corrected chi connectivity index (χ2v) is 4.67. The summed E-state index contributed by atoms with van der Waals surface area (Å²) in [5.74, 6) is -0.205. The minimum atomic E-state index is -0.406. The van der Waals surface area contributed by atoms with E-state index in [0.29, 0.717) is 25.3 Å². The minimum absolute atomic E-state index is 0.205. The number of ether oxygens (including phenoxy) is 1. The maximum atomic E-state index is 13.2. The fraction of sp³-hybridized carbons (Fsp3) is 0.462. The lowest BCUT2D eigenvalue weighted by molar-refractivity contribution is -0.0716. The monoisotopic (exact) mass is 234 g/mol. The van der Waals surface area contributed by atoms with Crippen LogP contribution in [0.3, 0.4) is 0 Å². The lowest BCUT2D eigenvalue weighted by atomic mass is 9.87. The Morgan fingerprint density at radius 3 is 2.71 bits per heavy atom. The molecule has 1 aromatic carbocycles. The van der Waals surface area contributed by atoms with Crippen LogP contribution in [0.1, 0.15) is 5.56 Å². The molecule has 4 heteroatoms. The van der Waals surface area contributed by atoms with Crippen LogP contribution < -0.4 is 4.90 Å². The Morgan fingerprint density at radius 2 is 2.24 bits per heavy atom. The Balaban J connectivity index is 2.12. The van der Waals surface area contributed by atoms with Gasteiger partial charge in [0.25, 0.3) is 0 Å². The quantitative estimate of drug-likeness (QED) is 0.803. The van der Waals surface area contributed by atoms with E-state index >= 15 is 0 Å². The lowest BCUT2D eigenvalue weighted by Gasteiger charge is -2.38. The van der Waals surface area contributed by atoms with Crippen molar-refractivity contribution < 1.29 is 9.13 Å². The summed E-state index contributed by atoms with van der Waals surface area (Å²) in [6.07, 6.45) is 0. The van der Waals surface area contributed by atoms with Crippen molar-refractivity contribution in [3.05, 3.63) is 29.6 Å². The van der Waals surface area contributed by atoms with Crippen LogP contribution in [-0.4, -0.2) is 26.8 Å². The summed E-state index contributed by atoms with van der Waals surface area (Å²) in [7, 11) is 1.91. The summed E-state index contributed by atoms with van der Waals surface area (Å²) in [6.45, 7) is 3.30. The standard InChI is InChI=1S/C13H15FN2O/c1-10-5-11(3-4-12(10)14)16(2)7-13(6-15)8-17-9-13/h3-5H,7-9H2,1-2H3. The van der Waals surface area contributed by atoms with Gasteiger partial charge in [-0.3, -0.25) is 0 Å². The first-order valence-corrected chi connectivity index (χ1v) is 5.53. The summed E-state index contributed by atoms with van der Waals surface area (Å²) in [4.78, 5) is 1.97. The smallest absolute Gasteiger partial charge is 0.126 e. The van der Waals surface area contributed by atoms with E-state index in [1.807, 2.05) is 11.9 Å². The Hall–Kier alpha value is -1.60. The molecule has 90 valence electrons. The molecular formula is C13H15FN2O. The average molecular weight is 234 g/mol. The molecule has 0 amide bonds. The van der Waals surface area contributed by atoms with Crippen LogP contribution in [0, 0.1) is 29.5 Å². The number of aryl methyl sites for hydroxylation is 1. The number of nitrogens with zero attached hydrogens (tertiary/aromatic N) is 2. The van der Waals surface area contributed by atoms with Gasteiger partial charge in [-0.25, -0.2) is 4.39 Å². The number of benzene rings is 1. The Morgan fingerprint density at radius 1 is 1.53 bits per heavy atom. The number of hydrogen-bond donors (Lipinski definition) is 0. The summed E-state index contributed by atoms with van der Waals surface area (Å²) in [6, 6.07) is 7.28. The second-order valence-electron chi connectivity index (χ2n) is 4.67. The fourth-order valence-corrected chi connectivity index (χ4v) is 1.95. The van der Waals surface area contributed by atoms with Crippen LogP contribution in [-0.2, 0) is 4.74 Å². The second kappa shape index (κ2) is 4.34. The van der Waals surface area contributed by atoms with E-state index in [0.717, 1.165) is 5.69 Å². The molecule has 0 atom stereocenters. The molecule has 1 aliphatic heterocycles. The average Bonchev–Trinajstić information content (AvgIpc) is 2.27. The van der Waals surface area contributed by atoms with E-state index < -0.39 is 5.41 Å². The van der Waals surface area contributed by atoms with Gasteiger partial charge in [0.1, 0.15) is 11.2 Å². The number of hydrogen-bond acceptors (Lipinski definition) is 3. The molecule has 2 rings (SSSR count). The van der Waals surface area contributed by atoms with Crippen LogP contribution in [0.15, 0.2) is 18.2 Å². The molecule has 0 radical (unpaired) electrons. The van der Waals surface area contributed by atoms with Gasteiger partial charge in [0.2, 0.25) is 0 Å². The van der Waals surface area contributed by atoms with Crippen LogP contribution in [0.2, 0.25) is 0 Å². The van der Waals surface area contributed by atoms with Crippen molar-refractivity contribution >= 4 is 5.69 Å². The molecule has 0 aliphatic carbocycles. The third-order valence-corrected chi connectivity index (χ3v) is 3.12. The maximum Gasteiger partial charge on any atom is 0.126 e. The van der Waals surface area contributed by atoms with E-state index in [1.54, 1.807) is 19.1 Å². The molecule has 0 N–H and O–H groups in total. The Bertz CT molecular complexity index is 463. The van der Waals surface area contributed by atoms with Crippen molar-refractivity contribution in [2.75, 3.05) is 31.7 Å². The Kier molecular flexibility index (Phi) is 3.03. The molecule has 0 spiro atoms. The first-order chi connectivity index (χ1) is 8.06. The first-order valence-electron chi connectivity index (χ1n) is 5.53. The molecular weight excluding hydrogens is 219 g/mol. The number of nitriles is 1. The van der Waals surface area contributed by atoms with E-state index in [4.69, 9.17) is 10.00 Å². The van der Waals surface area contributed by atoms with E-state index in [-0.39, 0.29) is 5.82 Å². The van der Waals surface area contributed by atoms with Crippen molar-refractivity contribution in [2.24, 2.45) is 5.41 Å². The summed E-state index contributed by atoms with van der Waals surface area (Å²) < 4.78 is 18.3. The molecule has 17 heavy (non-hydrogen) atoms. The predicted octanol–water partition coefficient (Wildman–Crippen LogP) is 2.11. The highest BCUT2D eigenvalue weighted by atomic mass is 19.1. The normalized spacial score (nSPS) is 17.1. The Labute approximate surface area is 100 Å². The number of halogens is 1.